The summed E-state index contributed by atoms with van der Waals surface area (Å²) < 4.78 is 5.02. The predicted molar refractivity (Wildman–Crippen MR) is 80.9 cm³/mol. The zero-order chi connectivity index (χ0) is 15.2. The molecule has 0 aliphatic rings. The van der Waals surface area contributed by atoms with E-state index < -0.39 is 12.1 Å². The molecule has 0 radical (unpaired) electrons. The van der Waals surface area contributed by atoms with Gasteiger partial charge in [-0.2, -0.15) is 0 Å². The van der Waals surface area contributed by atoms with Crippen LogP contribution < -0.4 is 0 Å². The monoisotopic (exact) mass is 286 g/mol. The summed E-state index contributed by atoms with van der Waals surface area (Å²) in [6.07, 6.45) is -0.166. The zero-order valence-electron chi connectivity index (χ0n) is 11.9. The fourth-order valence-corrected chi connectivity index (χ4v) is 2.13. The number of rotatable bonds is 6. The minimum atomic E-state index is -0.612. The second kappa shape index (κ2) is 7.02. The summed E-state index contributed by atoms with van der Waals surface area (Å²) in [5, 5.41) is 11.2. The molecule has 0 saturated heterocycles. The second-order valence-electron chi connectivity index (χ2n) is 4.95. The van der Waals surface area contributed by atoms with Gasteiger partial charge in [0.2, 0.25) is 0 Å². The quantitative estimate of drug-likeness (QED) is 0.383. The molecule has 1 unspecified atom stereocenters. The molecule has 0 fully saturated rings. The largest absolute Gasteiger partial charge is 0.459 e. The van der Waals surface area contributed by atoms with E-state index in [0.717, 1.165) is 16.3 Å². The summed E-state index contributed by atoms with van der Waals surface area (Å²) >= 11 is 0. The van der Waals surface area contributed by atoms with Crippen LogP contribution in [0.15, 0.2) is 54.6 Å². The minimum absolute atomic E-state index is 0.0224. The standard InChI is InChI=1S/C17H18O4/c1-12(2)17(18)20-11-15(21-19)10-14-8-5-7-13-6-3-4-9-16(13)14/h3-9,15,19H,1,10-11H2,2H3. The molecule has 110 valence electrons. The normalized spacial score (nSPS) is 12.1. The predicted octanol–water partition coefficient (Wildman–Crippen LogP) is 3.36. The van der Waals surface area contributed by atoms with Gasteiger partial charge < -0.3 is 4.74 Å². The van der Waals surface area contributed by atoms with E-state index >= 15 is 0 Å². The van der Waals surface area contributed by atoms with Gasteiger partial charge in [0, 0.05) is 12.0 Å². The Morgan fingerprint density at radius 3 is 2.67 bits per heavy atom. The SMILES string of the molecule is C=C(C)C(=O)OCC(Cc1cccc2ccccc12)OO. The average molecular weight is 286 g/mol. The molecule has 2 rings (SSSR count). The van der Waals surface area contributed by atoms with Gasteiger partial charge >= 0.3 is 5.97 Å². The van der Waals surface area contributed by atoms with Gasteiger partial charge in [-0.3, -0.25) is 5.26 Å². The van der Waals surface area contributed by atoms with E-state index in [2.05, 4.69) is 11.5 Å². The summed E-state index contributed by atoms with van der Waals surface area (Å²) in [5.74, 6) is -0.491. The molecule has 2 aromatic carbocycles. The molecule has 0 heterocycles. The minimum Gasteiger partial charge on any atom is -0.459 e. The van der Waals surface area contributed by atoms with Crippen LogP contribution >= 0.6 is 0 Å². The third kappa shape index (κ3) is 3.90. The smallest absolute Gasteiger partial charge is 0.333 e. The van der Waals surface area contributed by atoms with E-state index in [4.69, 9.17) is 9.99 Å². The Kier molecular flexibility index (Phi) is 5.09. The van der Waals surface area contributed by atoms with Crippen LogP contribution in [0, 0.1) is 0 Å². The van der Waals surface area contributed by atoms with Crippen LogP contribution in [0.1, 0.15) is 12.5 Å². The Hall–Kier alpha value is -2.17. The summed E-state index contributed by atoms with van der Waals surface area (Å²) in [6, 6.07) is 13.9. The van der Waals surface area contributed by atoms with Gasteiger partial charge in [0.15, 0.2) is 0 Å². The summed E-state index contributed by atoms with van der Waals surface area (Å²) in [7, 11) is 0. The summed E-state index contributed by atoms with van der Waals surface area (Å²) in [5.41, 5.74) is 1.34. The maximum absolute atomic E-state index is 11.4. The summed E-state index contributed by atoms with van der Waals surface area (Å²) in [4.78, 5) is 15.8. The van der Waals surface area contributed by atoms with Gasteiger partial charge in [-0.15, -0.1) is 0 Å². The molecule has 2 aromatic rings. The molecule has 0 bridgehead atoms. The molecule has 0 aliphatic carbocycles. The molecular formula is C17H18O4. The number of fused-ring (bicyclic) bond motifs is 1. The van der Waals surface area contributed by atoms with Crippen molar-refractivity contribution >= 4 is 16.7 Å². The Morgan fingerprint density at radius 2 is 1.95 bits per heavy atom. The molecule has 0 saturated carbocycles. The average Bonchev–Trinajstić information content (AvgIpc) is 2.51. The van der Waals surface area contributed by atoms with Crippen LogP contribution in [0.5, 0.6) is 0 Å². The molecular weight excluding hydrogens is 268 g/mol. The van der Waals surface area contributed by atoms with Gasteiger partial charge in [-0.05, 0) is 23.3 Å². The van der Waals surface area contributed by atoms with Crippen LogP contribution in [-0.2, 0) is 20.8 Å². The lowest BCUT2D eigenvalue weighted by Crippen LogP contribution is -2.23. The van der Waals surface area contributed by atoms with Crippen molar-refractivity contribution in [3.8, 4) is 0 Å². The second-order valence-corrected chi connectivity index (χ2v) is 4.95. The van der Waals surface area contributed by atoms with Crippen LogP contribution in [0.2, 0.25) is 0 Å². The Labute approximate surface area is 123 Å². The van der Waals surface area contributed by atoms with Crippen molar-refractivity contribution in [1.29, 1.82) is 0 Å². The van der Waals surface area contributed by atoms with Crippen LogP contribution in [0.25, 0.3) is 10.8 Å². The van der Waals surface area contributed by atoms with Crippen molar-refractivity contribution in [2.45, 2.75) is 19.4 Å². The van der Waals surface area contributed by atoms with E-state index in [-0.39, 0.29) is 6.61 Å². The maximum atomic E-state index is 11.4. The van der Waals surface area contributed by atoms with E-state index in [1.165, 1.54) is 0 Å². The highest BCUT2D eigenvalue weighted by molar-refractivity contribution is 5.87. The first-order chi connectivity index (χ1) is 10.1. The first-order valence-electron chi connectivity index (χ1n) is 6.71. The number of carbonyl (C=O) groups is 1. The Balaban J connectivity index is 2.10. The Morgan fingerprint density at radius 1 is 1.24 bits per heavy atom. The number of hydrogen-bond acceptors (Lipinski definition) is 4. The third-order valence-corrected chi connectivity index (χ3v) is 3.23. The third-order valence-electron chi connectivity index (χ3n) is 3.23. The van der Waals surface area contributed by atoms with E-state index in [1.54, 1.807) is 6.92 Å². The van der Waals surface area contributed by atoms with Crippen molar-refractivity contribution < 1.29 is 19.7 Å². The lowest BCUT2D eigenvalue weighted by Gasteiger charge is -2.15. The van der Waals surface area contributed by atoms with Crippen LogP contribution in [-0.4, -0.2) is 23.9 Å². The van der Waals surface area contributed by atoms with Crippen molar-refractivity contribution in [1.82, 2.24) is 0 Å². The fourth-order valence-electron chi connectivity index (χ4n) is 2.13. The highest BCUT2D eigenvalue weighted by Crippen LogP contribution is 2.20. The van der Waals surface area contributed by atoms with Crippen LogP contribution in [0.3, 0.4) is 0 Å². The molecule has 4 nitrogen and oxygen atoms in total. The van der Waals surface area contributed by atoms with Crippen molar-refractivity contribution in [2.24, 2.45) is 0 Å². The first-order valence-corrected chi connectivity index (χ1v) is 6.71. The number of ether oxygens (including phenoxy) is 1. The highest BCUT2D eigenvalue weighted by atomic mass is 17.1. The first kappa shape index (κ1) is 15.2. The zero-order valence-corrected chi connectivity index (χ0v) is 11.9. The number of hydrogen-bond donors (Lipinski definition) is 1. The van der Waals surface area contributed by atoms with Gasteiger partial charge in [0.05, 0.1) is 0 Å². The topological polar surface area (TPSA) is 55.8 Å². The van der Waals surface area contributed by atoms with Crippen LogP contribution in [0.4, 0.5) is 0 Å². The molecule has 0 spiro atoms. The van der Waals surface area contributed by atoms with E-state index in [9.17, 15) is 4.79 Å². The van der Waals surface area contributed by atoms with Gasteiger partial charge in [-0.25, -0.2) is 9.68 Å². The molecule has 0 amide bonds. The van der Waals surface area contributed by atoms with Crippen molar-refractivity contribution in [3.05, 3.63) is 60.2 Å². The number of benzene rings is 2. The Bertz CT molecular complexity index is 643. The molecule has 0 aromatic heterocycles. The van der Waals surface area contributed by atoms with Crippen molar-refractivity contribution in [2.75, 3.05) is 6.61 Å². The molecule has 4 heteroatoms. The van der Waals surface area contributed by atoms with Gasteiger partial charge in [0.1, 0.15) is 12.7 Å². The maximum Gasteiger partial charge on any atom is 0.333 e. The number of carbonyl (C=O) groups excluding carboxylic acids is 1. The lowest BCUT2D eigenvalue weighted by atomic mass is 10.00. The molecule has 21 heavy (non-hydrogen) atoms. The van der Waals surface area contributed by atoms with Gasteiger partial charge in [0.25, 0.3) is 0 Å². The molecule has 1 atom stereocenters. The summed E-state index contributed by atoms with van der Waals surface area (Å²) in [6.45, 7) is 5.05. The van der Waals surface area contributed by atoms with E-state index in [1.807, 2.05) is 42.5 Å². The molecule has 1 N–H and O–H groups in total. The fraction of sp³-hybridized carbons (Fsp3) is 0.235. The van der Waals surface area contributed by atoms with Gasteiger partial charge in [-0.1, -0.05) is 49.0 Å². The number of esters is 1. The van der Waals surface area contributed by atoms with E-state index in [0.29, 0.717) is 12.0 Å². The molecule has 0 aliphatic heterocycles. The lowest BCUT2D eigenvalue weighted by molar-refractivity contribution is -0.284. The van der Waals surface area contributed by atoms with Crippen molar-refractivity contribution in [3.63, 3.8) is 0 Å². The highest BCUT2D eigenvalue weighted by Gasteiger charge is 2.15.